The third kappa shape index (κ3) is 6.27. The van der Waals surface area contributed by atoms with E-state index in [0.717, 1.165) is 30.6 Å². The number of phenolic OH excluding ortho intramolecular Hbond substituents is 1. The monoisotopic (exact) mass is 468 g/mol. The van der Waals surface area contributed by atoms with Crippen LogP contribution in [0.3, 0.4) is 0 Å². The summed E-state index contributed by atoms with van der Waals surface area (Å²) >= 11 is 0. The van der Waals surface area contributed by atoms with E-state index in [1.54, 1.807) is 12.1 Å². The first-order chi connectivity index (χ1) is 15.5. The molecule has 0 amide bonds. The van der Waals surface area contributed by atoms with Crippen molar-refractivity contribution >= 4 is 14.3 Å². The summed E-state index contributed by atoms with van der Waals surface area (Å²) in [5.41, 5.74) is 2.22. The summed E-state index contributed by atoms with van der Waals surface area (Å²) in [6.07, 6.45) is 6.60. The molecule has 1 heterocycles. The molecule has 5 nitrogen and oxygen atoms in total. The Hall–Kier alpha value is -2.57. The number of benzene rings is 2. The summed E-state index contributed by atoms with van der Waals surface area (Å²) in [6, 6.07) is 13.4. The molecule has 2 atom stereocenters. The van der Waals surface area contributed by atoms with Crippen molar-refractivity contribution in [2.24, 2.45) is 0 Å². The first kappa shape index (κ1) is 25.1. The molecule has 0 saturated heterocycles. The highest BCUT2D eigenvalue weighted by molar-refractivity contribution is 6.74. The number of carbonyl (C=O) groups excluding carboxylic acids is 1. The van der Waals surface area contributed by atoms with Gasteiger partial charge in [0, 0.05) is 0 Å². The van der Waals surface area contributed by atoms with Crippen LogP contribution in [0.2, 0.25) is 18.1 Å². The molecule has 2 aromatic rings. The Balaban J connectivity index is 1.59. The Labute approximate surface area is 198 Å². The minimum atomic E-state index is -1.84. The van der Waals surface area contributed by atoms with Crippen LogP contribution in [0.4, 0.5) is 0 Å². The van der Waals surface area contributed by atoms with E-state index in [0.29, 0.717) is 0 Å². The number of ether oxygens (including phenoxy) is 2. The average Bonchev–Trinajstić information content (AvgIpc) is 2.77. The maximum atomic E-state index is 11.9. The van der Waals surface area contributed by atoms with Gasteiger partial charge in [-0.1, -0.05) is 51.1 Å². The highest BCUT2D eigenvalue weighted by Crippen LogP contribution is 2.37. The minimum Gasteiger partial charge on any atom is -0.544 e. The van der Waals surface area contributed by atoms with Crippen LogP contribution in [0.1, 0.15) is 61.2 Å². The second kappa shape index (κ2) is 10.1. The van der Waals surface area contributed by atoms with Crippen molar-refractivity contribution in [2.75, 3.05) is 7.11 Å². The molecule has 1 N–H and O–H groups in total. The van der Waals surface area contributed by atoms with Crippen LogP contribution in [-0.4, -0.2) is 32.6 Å². The van der Waals surface area contributed by atoms with Crippen LogP contribution < -0.4 is 4.43 Å². The second-order valence-electron chi connectivity index (χ2n) is 10.2. The zero-order chi connectivity index (χ0) is 24.2. The number of phenols is 1. The lowest BCUT2D eigenvalue weighted by atomic mass is 9.99. The third-order valence-electron chi connectivity index (χ3n) is 6.66. The number of hydrogen-bond donors (Lipinski definition) is 1. The lowest BCUT2D eigenvalue weighted by Crippen LogP contribution is -2.43. The molecule has 0 fully saturated rings. The molecule has 1 aliphatic rings. The van der Waals surface area contributed by atoms with E-state index in [1.165, 1.54) is 18.7 Å². The Morgan fingerprint density at radius 2 is 1.85 bits per heavy atom. The SMILES string of the molecule is COC(=O)c1cc([C@H]2C=CC[C@H](CCc3ccc(O[Si](C)(C)C(C)(C)C)cc3)O2)ccc1O. The van der Waals surface area contributed by atoms with Crippen molar-refractivity contribution in [3.63, 3.8) is 0 Å². The molecule has 3 rings (SSSR count). The normalized spacial score (nSPS) is 18.7. The van der Waals surface area contributed by atoms with Crippen LogP contribution in [0.25, 0.3) is 0 Å². The highest BCUT2D eigenvalue weighted by atomic mass is 28.4. The van der Waals surface area contributed by atoms with Crippen LogP contribution in [0.5, 0.6) is 11.5 Å². The van der Waals surface area contributed by atoms with E-state index in [4.69, 9.17) is 13.9 Å². The Morgan fingerprint density at radius 3 is 2.48 bits per heavy atom. The first-order valence-electron chi connectivity index (χ1n) is 11.5. The van der Waals surface area contributed by atoms with Crippen molar-refractivity contribution in [3.05, 3.63) is 71.3 Å². The average molecular weight is 469 g/mol. The van der Waals surface area contributed by atoms with E-state index >= 15 is 0 Å². The fourth-order valence-corrected chi connectivity index (χ4v) is 4.57. The van der Waals surface area contributed by atoms with Gasteiger partial charge in [-0.3, -0.25) is 0 Å². The summed E-state index contributed by atoms with van der Waals surface area (Å²) in [4.78, 5) is 11.9. The summed E-state index contributed by atoms with van der Waals surface area (Å²) in [5, 5.41) is 10.1. The molecule has 0 unspecified atom stereocenters. The molecule has 0 aliphatic carbocycles. The van der Waals surface area contributed by atoms with Gasteiger partial charge in [-0.25, -0.2) is 4.79 Å². The van der Waals surface area contributed by atoms with E-state index in [2.05, 4.69) is 64.2 Å². The lowest BCUT2D eigenvalue weighted by molar-refractivity contribution is 0.000681. The predicted molar refractivity (Wildman–Crippen MR) is 133 cm³/mol. The zero-order valence-electron chi connectivity index (χ0n) is 20.6. The van der Waals surface area contributed by atoms with Gasteiger partial charge >= 0.3 is 5.97 Å². The Morgan fingerprint density at radius 1 is 1.15 bits per heavy atom. The lowest BCUT2D eigenvalue weighted by Gasteiger charge is -2.36. The molecule has 0 bridgehead atoms. The first-order valence-corrected chi connectivity index (χ1v) is 14.4. The van der Waals surface area contributed by atoms with Crippen molar-refractivity contribution in [2.45, 2.75) is 70.4 Å². The molecule has 0 spiro atoms. The van der Waals surface area contributed by atoms with Gasteiger partial charge in [-0.05, 0) is 72.8 Å². The van der Waals surface area contributed by atoms with Crippen LogP contribution in [0.15, 0.2) is 54.6 Å². The standard InChI is InChI=1S/C27H36O5Si/c1-27(2,3)33(5,6)32-22-15-11-19(12-16-22)10-14-21-8-7-9-25(31-21)20-13-17-24(28)23(18-20)26(29)30-4/h7,9,11-13,15-18,21,25,28H,8,10,14H2,1-6H3/t21-,25-/m1/s1. The molecule has 0 radical (unpaired) electrons. The van der Waals surface area contributed by atoms with Gasteiger partial charge in [0.2, 0.25) is 8.32 Å². The van der Waals surface area contributed by atoms with Gasteiger partial charge in [0.05, 0.1) is 13.2 Å². The van der Waals surface area contributed by atoms with Gasteiger partial charge < -0.3 is 19.0 Å². The number of aryl methyl sites for hydroxylation is 1. The largest absolute Gasteiger partial charge is 0.544 e. The van der Waals surface area contributed by atoms with Crippen LogP contribution in [-0.2, 0) is 15.9 Å². The van der Waals surface area contributed by atoms with E-state index in [-0.39, 0.29) is 28.6 Å². The molecule has 0 saturated carbocycles. The Kier molecular flexibility index (Phi) is 7.70. The van der Waals surface area contributed by atoms with E-state index < -0.39 is 14.3 Å². The fraction of sp³-hybridized carbons (Fsp3) is 0.444. The number of esters is 1. The van der Waals surface area contributed by atoms with Crippen molar-refractivity contribution in [1.82, 2.24) is 0 Å². The maximum Gasteiger partial charge on any atom is 0.341 e. The second-order valence-corrected chi connectivity index (χ2v) is 14.9. The number of hydrogen-bond acceptors (Lipinski definition) is 5. The summed E-state index contributed by atoms with van der Waals surface area (Å²) in [6.45, 7) is 11.2. The molecule has 0 aromatic heterocycles. The smallest absolute Gasteiger partial charge is 0.341 e. The van der Waals surface area contributed by atoms with Crippen molar-refractivity contribution in [3.8, 4) is 11.5 Å². The molecule has 178 valence electrons. The quantitative estimate of drug-likeness (QED) is 0.282. The van der Waals surface area contributed by atoms with Gasteiger partial charge in [0.25, 0.3) is 0 Å². The summed E-state index contributed by atoms with van der Waals surface area (Å²) in [5.74, 6) is 0.283. The third-order valence-corrected chi connectivity index (χ3v) is 11.0. The molecular weight excluding hydrogens is 432 g/mol. The van der Waals surface area contributed by atoms with Gasteiger partial charge in [0.1, 0.15) is 23.2 Å². The Bertz CT molecular complexity index is 989. The molecule has 1 aliphatic heterocycles. The number of aromatic hydroxyl groups is 1. The van der Waals surface area contributed by atoms with E-state index in [9.17, 15) is 9.90 Å². The predicted octanol–water partition coefficient (Wildman–Crippen LogP) is 6.58. The van der Waals surface area contributed by atoms with Crippen LogP contribution in [0, 0.1) is 0 Å². The van der Waals surface area contributed by atoms with Crippen molar-refractivity contribution < 1.29 is 23.8 Å². The van der Waals surface area contributed by atoms with Crippen molar-refractivity contribution in [1.29, 1.82) is 0 Å². The molecule has 6 heteroatoms. The van der Waals surface area contributed by atoms with Crippen LogP contribution >= 0.6 is 0 Å². The van der Waals surface area contributed by atoms with E-state index in [1.807, 2.05) is 6.08 Å². The fourth-order valence-electron chi connectivity index (χ4n) is 3.54. The summed E-state index contributed by atoms with van der Waals surface area (Å²) in [7, 11) is -0.539. The van der Waals surface area contributed by atoms with Gasteiger partial charge in [-0.2, -0.15) is 0 Å². The van der Waals surface area contributed by atoms with Gasteiger partial charge in [-0.15, -0.1) is 0 Å². The number of rotatable bonds is 7. The molecular formula is C27H36O5Si. The summed E-state index contributed by atoms with van der Waals surface area (Å²) < 4.78 is 17.4. The highest BCUT2D eigenvalue weighted by Gasteiger charge is 2.38. The maximum absolute atomic E-state index is 11.9. The molecule has 33 heavy (non-hydrogen) atoms. The van der Waals surface area contributed by atoms with Gasteiger partial charge in [0.15, 0.2) is 0 Å². The topological polar surface area (TPSA) is 65.0 Å². The number of carbonyl (C=O) groups is 1. The molecule has 2 aromatic carbocycles. The minimum absolute atomic E-state index is 0.0820. The number of methoxy groups -OCH3 is 1. The zero-order valence-corrected chi connectivity index (χ0v) is 21.6.